The Morgan fingerprint density at radius 1 is 1.00 bits per heavy atom. The van der Waals surface area contributed by atoms with Crippen LogP contribution in [0.15, 0.2) is 53.4 Å². The normalized spacial score (nSPS) is 11.2. The van der Waals surface area contributed by atoms with Crippen molar-refractivity contribution in [3.8, 4) is 0 Å². The second-order valence-electron chi connectivity index (χ2n) is 4.97. The van der Waals surface area contributed by atoms with Crippen molar-refractivity contribution in [2.75, 3.05) is 13.1 Å². The number of hydrogen-bond acceptors (Lipinski definition) is 3. The standard InChI is InChI=1S/C16H17IN2O3S/c1-12-2-8-15(9-3-12)23(21,22)19-11-10-18-16(20)13-4-6-14(17)7-5-13/h2-9,19H,10-11H2,1H3,(H,18,20). The highest BCUT2D eigenvalue weighted by Gasteiger charge is 2.13. The van der Waals surface area contributed by atoms with Gasteiger partial charge in [-0.1, -0.05) is 17.7 Å². The summed E-state index contributed by atoms with van der Waals surface area (Å²) in [5, 5.41) is 2.68. The second-order valence-corrected chi connectivity index (χ2v) is 7.99. The molecule has 2 aromatic rings. The minimum absolute atomic E-state index is 0.131. The zero-order valence-corrected chi connectivity index (χ0v) is 15.5. The Balaban J connectivity index is 1.83. The molecule has 0 aliphatic heterocycles. The van der Waals surface area contributed by atoms with Crippen LogP contribution in [-0.2, 0) is 10.0 Å². The predicted molar refractivity (Wildman–Crippen MR) is 97.9 cm³/mol. The van der Waals surface area contributed by atoms with E-state index in [1.165, 1.54) is 0 Å². The van der Waals surface area contributed by atoms with Crippen molar-refractivity contribution in [3.05, 3.63) is 63.2 Å². The van der Waals surface area contributed by atoms with Crippen LogP contribution in [0.3, 0.4) is 0 Å². The number of hydrogen-bond donors (Lipinski definition) is 2. The molecule has 2 N–H and O–H groups in total. The van der Waals surface area contributed by atoms with Crippen molar-refractivity contribution in [2.24, 2.45) is 0 Å². The SMILES string of the molecule is Cc1ccc(S(=O)(=O)NCCNC(=O)c2ccc(I)cc2)cc1. The maximum atomic E-state index is 12.1. The van der Waals surface area contributed by atoms with Gasteiger partial charge in [0, 0.05) is 22.2 Å². The van der Waals surface area contributed by atoms with E-state index < -0.39 is 10.0 Å². The smallest absolute Gasteiger partial charge is 0.251 e. The molecule has 2 aromatic carbocycles. The van der Waals surface area contributed by atoms with Gasteiger partial charge in [0.15, 0.2) is 0 Å². The summed E-state index contributed by atoms with van der Waals surface area (Å²) in [5.41, 5.74) is 1.54. The molecule has 2 rings (SSSR count). The number of rotatable bonds is 6. The molecule has 0 radical (unpaired) electrons. The van der Waals surface area contributed by atoms with E-state index >= 15 is 0 Å². The number of carbonyl (C=O) groups excluding carboxylic acids is 1. The molecule has 23 heavy (non-hydrogen) atoms. The number of sulfonamides is 1. The van der Waals surface area contributed by atoms with E-state index in [9.17, 15) is 13.2 Å². The Morgan fingerprint density at radius 2 is 1.61 bits per heavy atom. The Bertz CT molecular complexity index is 772. The first kappa shape index (κ1) is 17.9. The molecule has 0 aromatic heterocycles. The summed E-state index contributed by atoms with van der Waals surface area (Å²) in [6.07, 6.45) is 0. The van der Waals surface area contributed by atoms with Gasteiger partial charge in [0.1, 0.15) is 0 Å². The van der Waals surface area contributed by atoms with Crippen molar-refractivity contribution in [3.63, 3.8) is 0 Å². The molecule has 0 bridgehead atoms. The summed E-state index contributed by atoms with van der Waals surface area (Å²) in [7, 11) is -3.55. The van der Waals surface area contributed by atoms with Gasteiger partial charge in [-0.15, -0.1) is 0 Å². The van der Waals surface area contributed by atoms with Gasteiger partial charge in [0.25, 0.3) is 5.91 Å². The van der Waals surface area contributed by atoms with Gasteiger partial charge in [-0.2, -0.15) is 0 Å². The third-order valence-corrected chi connectivity index (χ3v) is 5.34. The van der Waals surface area contributed by atoms with Crippen LogP contribution in [0.5, 0.6) is 0 Å². The highest BCUT2D eigenvalue weighted by atomic mass is 127. The lowest BCUT2D eigenvalue weighted by atomic mass is 10.2. The number of halogens is 1. The molecule has 0 heterocycles. The minimum atomic E-state index is -3.55. The van der Waals surface area contributed by atoms with Gasteiger partial charge in [0.2, 0.25) is 10.0 Å². The van der Waals surface area contributed by atoms with E-state index in [0.717, 1.165) is 9.13 Å². The maximum absolute atomic E-state index is 12.1. The molecule has 0 spiro atoms. The Morgan fingerprint density at radius 3 is 2.22 bits per heavy atom. The summed E-state index contributed by atoms with van der Waals surface area (Å²) >= 11 is 2.16. The molecular weight excluding hydrogens is 427 g/mol. The highest BCUT2D eigenvalue weighted by Crippen LogP contribution is 2.09. The molecule has 0 unspecified atom stereocenters. The first-order valence-corrected chi connectivity index (χ1v) is 9.55. The van der Waals surface area contributed by atoms with Crippen LogP contribution in [-0.4, -0.2) is 27.4 Å². The summed E-state index contributed by atoms with van der Waals surface area (Å²) in [4.78, 5) is 12.1. The van der Waals surface area contributed by atoms with Gasteiger partial charge in [-0.3, -0.25) is 4.79 Å². The van der Waals surface area contributed by atoms with Gasteiger partial charge < -0.3 is 5.32 Å². The quantitative estimate of drug-likeness (QED) is 0.531. The number of aryl methyl sites for hydroxylation is 1. The largest absolute Gasteiger partial charge is 0.351 e. The highest BCUT2D eigenvalue weighted by molar-refractivity contribution is 14.1. The zero-order valence-electron chi connectivity index (χ0n) is 12.5. The summed E-state index contributed by atoms with van der Waals surface area (Å²) in [5.74, 6) is -0.226. The van der Waals surface area contributed by atoms with E-state index in [2.05, 4.69) is 32.6 Å². The third kappa shape index (κ3) is 5.29. The molecule has 122 valence electrons. The third-order valence-electron chi connectivity index (χ3n) is 3.14. The van der Waals surface area contributed by atoms with Crippen LogP contribution in [0.25, 0.3) is 0 Å². The molecule has 0 aliphatic carbocycles. The first-order chi connectivity index (χ1) is 10.9. The molecule has 0 fully saturated rings. The predicted octanol–water partition coefficient (Wildman–Crippen LogP) is 2.31. The second kappa shape index (κ2) is 7.89. The van der Waals surface area contributed by atoms with Gasteiger partial charge >= 0.3 is 0 Å². The maximum Gasteiger partial charge on any atom is 0.251 e. The summed E-state index contributed by atoms with van der Waals surface area (Å²) in [6.45, 7) is 2.24. The van der Waals surface area contributed by atoms with Crippen LogP contribution in [0.1, 0.15) is 15.9 Å². The summed E-state index contributed by atoms with van der Waals surface area (Å²) < 4.78 is 27.7. The van der Waals surface area contributed by atoms with Gasteiger partial charge in [-0.05, 0) is 65.9 Å². The van der Waals surface area contributed by atoms with Crippen molar-refractivity contribution in [1.29, 1.82) is 0 Å². The number of benzene rings is 2. The molecule has 5 nitrogen and oxygen atoms in total. The lowest BCUT2D eigenvalue weighted by Gasteiger charge is -2.08. The van der Waals surface area contributed by atoms with Crippen LogP contribution in [0.4, 0.5) is 0 Å². The molecular formula is C16H17IN2O3S. The number of amides is 1. The Labute approximate surface area is 149 Å². The van der Waals surface area contributed by atoms with Crippen LogP contribution in [0.2, 0.25) is 0 Å². The van der Waals surface area contributed by atoms with Gasteiger partial charge in [0.05, 0.1) is 4.90 Å². The fraction of sp³-hybridized carbons (Fsp3) is 0.188. The number of nitrogens with one attached hydrogen (secondary N) is 2. The Hall–Kier alpha value is -1.45. The lowest BCUT2D eigenvalue weighted by molar-refractivity contribution is 0.0954. The van der Waals surface area contributed by atoms with Crippen LogP contribution >= 0.6 is 22.6 Å². The topological polar surface area (TPSA) is 75.3 Å². The van der Waals surface area contributed by atoms with E-state index in [-0.39, 0.29) is 23.9 Å². The van der Waals surface area contributed by atoms with E-state index in [1.807, 2.05) is 19.1 Å². The average Bonchev–Trinajstić information content (AvgIpc) is 2.52. The van der Waals surface area contributed by atoms with Gasteiger partial charge in [-0.25, -0.2) is 13.1 Å². The average molecular weight is 444 g/mol. The van der Waals surface area contributed by atoms with Crippen molar-refractivity contribution in [1.82, 2.24) is 10.0 Å². The Kier molecular flexibility index (Phi) is 6.14. The number of carbonyl (C=O) groups is 1. The van der Waals surface area contributed by atoms with Crippen molar-refractivity contribution in [2.45, 2.75) is 11.8 Å². The minimum Gasteiger partial charge on any atom is -0.351 e. The van der Waals surface area contributed by atoms with Crippen LogP contribution < -0.4 is 10.0 Å². The summed E-state index contributed by atoms with van der Waals surface area (Å²) in [6, 6.07) is 13.7. The zero-order chi connectivity index (χ0) is 16.9. The molecule has 1 amide bonds. The molecule has 7 heteroatoms. The monoisotopic (exact) mass is 444 g/mol. The van der Waals surface area contributed by atoms with E-state index in [4.69, 9.17) is 0 Å². The fourth-order valence-electron chi connectivity index (χ4n) is 1.87. The van der Waals surface area contributed by atoms with Crippen molar-refractivity contribution < 1.29 is 13.2 Å². The molecule has 0 saturated carbocycles. The van der Waals surface area contributed by atoms with E-state index in [1.54, 1.807) is 36.4 Å². The van der Waals surface area contributed by atoms with E-state index in [0.29, 0.717) is 5.56 Å². The fourth-order valence-corrected chi connectivity index (χ4v) is 3.26. The molecule has 0 atom stereocenters. The molecule has 0 saturated heterocycles. The molecule has 0 aliphatic rings. The lowest BCUT2D eigenvalue weighted by Crippen LogP contribution is -2.34. The van der Waals surface area contributed by atoms with Crippen molar-refractivity contribution >= 4 is 38.5 Å². The first-order valence-electron chi connectivity index (χ1n) is 6.98. The van der Waals surface area contributed by atoms with Crippen LogP contribution in [0, 0.1) is 10.5 Å².